The average molecular weight is 492 g/mol. The van der Waals surface area contributed by atoms with Crippen molar-refractivity contribution < 1.29 is 14.7 Å². The van der Waals surface area contributed by atoms with Gasteiger partial charge in [-0.3, -0.25) is 19.2 Å². The van der Waals surface area contributed by atoms with Crippen LogP contribution in [0.3, 0.4) is 0 Å². The average Bonchev–Trinajstić information content (AvgIpc) is 3.35. The zero-order valence-electron chi connectivity index (χ0n) is 18.6. The third-order valence-electron chi connectivity index (χ3n) is 5.46. The van der Waals surface area contributed by atoms with Crippen LogP contribution in [0.1, 0.15) is 36.8 Å². The van der Waals surface area contributed by atoms with E-state index in [9.17, 15) is 9.59 Å². The Hall–Kier alpha value is -3.23. The van der Waals surface area contributed by atoms with Crippen LogP contribution in [0.15, 0.2) is 71.8 Å². The lowest BCUT2D eigenvalue weighted by Crippen LogP contribution is -2.29. The maximum absolute atomic E-state index is 13.1. The van der Waals surface area contributed by atoms with Gasteiger partial charge in [0.1, 0.15) is 4.32 Å². The fourth-order valence-electron chi connectivity index (χ4n) is 3.77. The van der Waals surface area contributed by atoms with E-state index in [0.29, 0.717) is 28.7 Å². The number of aliphatic carboxylic acids is 1. The lowest BCUT2D eigenvalue weighted by Gasteiger charge is -2.13. The molecule has 0 aliphatic carbocycles. The number of unbranched alkanes of at least 4 members (excludes halogenated alkanes) is 2. The SMILES string of the molecule is O=C(O)CCCCCN1C(=O)/C(=C\c2cn(Cc3ccccc3)nc2-c2ccccc2)SC1=S. The number of thiocarbonyl (C=S) groups is 1. The molecule has 6 nitrogen and oxygen atoms in total. The summed E-state index contributed by atoms with van der Waals surface area (Å²) in [6.07, 6.45) is 6.05. The van der Waals surface area contributed by atoms with E-state index in [-0.39, 0.29) is 12.3 Å². The van der Waals surface area contributed by atoms with E-state index >= 15 is 0 Å². The molecule has 2 heterocycles. The van der Waals surface area contributed by atoms with Crippen molar-refractivity contribution in [2.45, 2.75) is 32.2 Å². The summed E-state index contributed by atoms with van der Waals surface area (Å²) in [5.41, 5.74) is 3.81. The minimum absolute atomic E-state index is 0.108. The van der Waals surface area contributed by atoms with Gasteiger partial charge in [0.2, 0.25) is 0 Å². The predicted octanol–water partition coefficient (Wildman–Crippen LogP) is 5.44. The van der Waals surface area contributed by atoms with Gasteiger partial charge < -0.3 is 5.11 Å². The second-order valence-electron chi connectivity index (χ2n) is 8.02. The number of thioether (sulfide) groups is 1. The van der Waals surface area contributed by atoms with Gasteiger partial charge in [0.15, 0.2) is 0 Å². The van der Waals surface area contributed by atoms with Crippen molar-refractivity contribution >= 4 is 46.3 Å². The minimum atomic E-state index is -0.796. The maximum atomic E-state index is 13.1. The van der Waals surface area contributed by atoms with Crippen LogP contribution in [-0.4, -0.2) is 42.5 Å². The van der Waals surface area contributed by atoms with Crippen LogP contribution in [-0.2, 0) is 16.1 Å². The van der Waals surface area contributed by atoms with Crippen LogP contribution >= 0.6 is 24.0 Å². The lowest BCUT2D eigenvalue weighted by atomic mass is 10.1. The zero-order valence-corrected chi connectivity index (χ0v) is 20.2. The van der Waals surface area contributed by atoms with Gasteiger partial charge in [-0.05, 0) is 24.5 Å². The van der Waals surface area contributed by atoms with E-state index in [2.05, 4.69) is 12.1 Å². The molecule has 1 aromatic heterocycles. The maximum Gasteiger partial charge on any atom is 0.303 e. The molecule has 1 aliphatic heterocycles. The van der Waals surface area contributed by atoms with Gasteiger partial charge in [-0.15, -0.1) is 0 Å². The Labute approximate surface area is 208 Å². The van der Waals surface area contributed by atoms with Crippen molar-refractivity contribution in [1.82, 2.24) is 14.7 Å². The molecule has 3 aromatic rings. The Balaban J connectivity index is 1.54. The Morgan fingerprint density at radius 2 is 1.74 bits per heavy atom. The summed E-state index contributed by atoms with van der Waals surface area (Å²) in [7, 11) is 0. The fourth-order valence-corrected chi connectivity index (χ4v) is 5.07. The summed E-state index contributed by atoms with van der Waals surface area (Å²) in [5, 5.41) is 13.6. The Morgan fingerprint density at radius 3 is 2.44 bits per heavy atom. The third-order valence-corrected chi connectivity index (χ3v) is 6.83. The van der Waals surface area contributed by atoms with Crippen molar-refractivity contribution in [2.75, 3.05) is 6.54 Å². The number of carboxylic acids is 1. The van der Waals surface area contributed by atoms with Crippen molar-refractivity contribution in [1.29, 1.82) is 0 Å². The van der Waals surface area contributed by atoms with Gasteiger partial charge in [0.25, 0.3) is 5.91 Å². The molecule has 1 fully saturated rings. The molecule has 4 rings (SSSR count). The molecular formula is C26H25N3O3S2. The van der Waals surface area contributed by atoms with Crippen LogP contribution in [0.2, 0.25) is 0 Å². The van der Waals surface area contributed by atoms with E-state index in [1.54, 1.807) is 4.90 Å². The molecule has 174 valence electrons. The van der Waals surface area contributed by atoms with E-state index < -0.39 is 5.97 Å². The summed E-state index contributed by atoms with van der Waals surface area (Å²) in [6, 6.07) is 20.0. The third kappa shape index (κ3) is 6.01. The monoisotopic (exact) mass is 491 g/mol. The molecule has 0 spiro atoms. The lowest BCUT2D eigenvalue weighted by molar-refractivity contribution is -0.137. The van der Waals surface area contributed by atoms with Crippen LogP contribution in [0.5, 0.6) is 0 Å². The number of carbonyl (C=O) groups excluding carboxylic acids is 1. The smallest absolute Gasteiger partial charge is 0.303 e. The highest BCUT2D eigenvalue weighted by atomic mass is 32.2. The van der Waals surface area contributed by atoms with Gasteiger partial charge in [0.05, 0.1) is 17.1 Å². The Bertz CT molecular complexity index is 1210. The Kier molecular flexibility index (Phi) is 7.92. The van der Waals surface area contributed by atoms with Crippen LogP contribution < -0.4 is 0 Å². The number of nitrogens with zero attached hydrogens (tertiary/aromatic N) is 3. The van der Waals surface area contributed by atoms with E-state index in [1.165, 1.54) is 11.8 Å². The number of carbonyl (C=O) groups is 2. The summed E-state index contributed by atoms with van der Waals surface area (Å²) < 4.78 is 2.43. The molecule has 0 unspecified atom stereocenters. The van der Waals surface area contributed by atoms with Gasteiger partial charge in [-0.25, -0.2) is 0 Å². The van der Waals surface area contributed by atoms with Gasteiger partial charge in [-0.2, -0.15) is 5.10 Å². The molecule has 0 bridgehead atoms. The van der Waals surface area contributed by atoms with Crippen molar-refractivity contribution in [3.63, 3.8) is 0 Å². The first-order valence-corrected chi connectivity index (χ1v) is 12.4. The molecule has 0 saturated carbocycles. The number of rotatable bonds is 10. The standard InChI is InChI=1S/C26H25N3O3S2/c30-23(31)14-8-3-9-15-29-25(32)22(34-26(29)33)16-21-18-28(17-19-10-4-1-5-11-19)27-24(21)20-12-6-2-7-13-20/h1-2,4-7,10-13,16,18H,3,8-9,14-15,17H2,(H,30,31)/b22-16+. The number of carboxylic acid groups (broad SMARTS) is 1. The van der Waals surface area contributed by atoms with Crippen molar-refractivity contribution in [3.05, 3.63) is 82.9 Å². The number of amides is 1. The largest absolute Gasteiger partial charge is 0.481 e. The van der Waals surface area contributed by atoms with Gasteiger partial charge in [-0.1, -0.05) is 91.1 Å². The molecule has 2 aromatic carbocycles. The number of benzene rings is 2. The second kappa shape index (κ2) is 11.3. The molecule has 1 amide bonds. The molecule has 0 atom stereocenters. The number of hydrogen-bond acceptors (Lipinski definition) is 5. The summed E-state index contributed by atoms with van der Waals surface area (Å²) in [5.74, 6) is -0.904. The van der Waals surface area contributed by atoms with Crippen LogP contribution in [0.4, 0.5) is 0 Å². The highest BCUT2D eigenvalue weighted by Crippen LogP contribution is 2.34. The summed E-state index contributed by atoms with van der Waals surface area (Å²) in [6.45, 7) is 1.13. The molecule has 0 radical (unpaired) electrons. The van der Waals surface area contributed by atoms with Crippen molar-refractivity contribution in [3.8, 4) is 11.3 Å². The molecule has 34 heavy (non-hydrogen) atoms. The predicted molar refractivity (Wildman–Crippen MR) is 139 cm³/mol. The molecule has 8 heteroatoms. The normalized spacial score (nSPS) is 14.8. The quantitative estimate of drug-likeness (QED) is 0.231. The first kappa shape index (κ1) is 23.9. The van der Waals surface area contributed by atoms with E-state index in [1.807, 2.05) is 65.5 Å². The fraction of sp³-hybridized carbons (Fsp3) is 0.231. The summed E-state index contributed by atoms with van der Waals surface area (Å²) in [4.78, 5) is 25.9. The van der Waals surface area contributed by atoms with E-state index in [4.69, 9.17) is 22.4 Å². The molecular weight excluding hydrogens is 466 g/mol. The molecule has 1 aliphatic rings. The number of hydrogen-bond donors (Lipinski definition) is 1. The topological polar surface area (TPSA) is 75.4 Å². The van der Waals surface area contributed by atoms with Crippen LogP contribution in [0, 0.1) is 0 Å². The zero-order chi connectivity index (χ0) is 23.9. The van der Waals surface area contributed by atoms with Gasteiger partial charge in [0, 0.05) is 30.3 Å². The first-order valence-electron chi connectivity index (χ1n) is 11.2. The van der Waals surface area contributed by atoms with E-state index in [0.717, 1.165) is 35.2 Å². The van der Waals surface area contributed by atoms with Crippen molar-refractivity contribution in [2.24, 2.45) is 0 Å². The Morgan fingerprint density at radius 1 is 1.03 bits per heavy atom. The first-order chi connectivity index (χ1) is 16.5. The summed E-state index contributed by atoms with van der Waals surface area (Å²) >= 11 is 6.76. The van der Waals surface area contributed by atoms with Gasteiger partial charge >= 0.3 is 5.97 Å². The number of aromatic nitrogens is 2. The second-order valence-corrected chi connectivity index (χ2v) is 9.70. The molecule has 1 saturated heterocycles. The minimum Gasteiger partial charge on any atom is -0.481 e. The highest BCUT2D eigenvalue weighted by Gasteiger charge is 2.32. The van der Waals surface area contributed by atoms with Crippen LogP contribution in [0.25, 0.3) is 17.3 Å². The molecule has 1 N–H and O–H groups in total. The highest BCUT2D eigenvalue weighted by molar-refractivity contribution is 8.26.